The lowest BCUT2D eigenvalue weighted by Gasteiger charge is -2.11. The minimum Gasteiger partial charge on any atom is -0.496 e. The van der Waals surface area contributed by atoms with Gasteiger partial charge in [0.25, 0.3) is 0 Å². The summed E-state index contributed by atoms with van der Waals surface area (Å²) in [5.41, 5.74) is 1.16. The normalized spacial score (nSPS) is 10.4. The highest BCUT2D eigenvalue weighted by atomic mass is 35.5. The van der Waals surface area contributed by atoms with Gasteiger partial charge in [0.05, 0.1) is 7.11 Å². The van der Waals surface area contributed by atoms with E-state index in [0.717, 1.165) is 16.3 Å². The molecule has 0 bridgehead atoms. The zero-order valence-electron chi connectivity index (χ0n) is 7.60. The zero-order valence-corrected chi connectivity index (χ0v) is 8.35. The monoisotopic (exact) mass is 184 g/mol. The molecule has 1 aromatic rings. The number of ether oxygens (including phenoxy) is 1. The molecule has 0 N–H and O–H groups in total. The maximum Gasteiger partial charge on any atom is 0.122 e. The van der Waals surface area contributed by atoms with Crippen molar-refractivity contribution in [1.29, 1.82) is 0 Å². The largest absolute Gasteiger partial charge is 0.496 e. The van der Waals surface area contributed by atoms with E-state index in [1.54, 1.807) is 7.11 Å². The molecule has 1 aromatic carbocycles. The molecule has 12 heavy (non-hydrogen) atoms. The average Bonchev–Trinajstić information content (AvgIpc) is 2.04. The van der Waals surface area contributed by atoms with Crippen LogP contribution in [0.15, 0.2) is 18.2 Å². The van der Waals surface area contributed by atoms with Crippen LogP contribution in [0.1, 0.15) is 25.3 Å². The second kappa shape index (κ2) is 3.81. The van der Waals surface area contributed by atoms with Crippen LogP contribution in [0.3, 0.4) is 0 Å². The van der Waals surface area contributed by atoms with E-state index in [-0.39, 0.29) is 0 Å². The summed E-state index contributed by atoms with van der Waals surface area (Å²) in [5, 5.41) is 0.763. The molecule has 0 radical (unpaired) electrons. The Morgan fingerprint density at radius 3 is 2.50 bits per heavy atom. The van der Waals surface area contributed by atoms with E-state index in [2.05, 4.69) is 13.8 Å². The topological polar surface area (TPSA) is 9.23 Å². The van der Waals surface area contributed by atoms with Crippen molar-refractivity contribution in [3.8, 4) is 5.75 Å². The van der Waals surface area contributed by atoms with Gasteiger partial charge in [-0.1, -0.05) is 25.4 Å². The van der Waals surface area contributed by atoms with Gasteiger partial charge in [0.2, 0.25) is 0 Å². The van der Waals surface area contributed by atoms with Gasteiger partial charge in [0.15, 0.2) is 0 Å². The fourth-order valence-corrected chi connectivity index (χ4v) is 1.34. The Kier molecular flexibility index (Phi) is 2.99. The molecule has 1 nitrogen and oxygen atoms in total. The van der Waals surface area contributed by atoms with Gasteiger partial charge in [-0.2, -0.15) is 0 Å². The Morgan fingerprint density at radius 1 is 1.33 bits per heavy atom. The summed E-state index contributed by atoms with van der Waals surface area (Å²) < 4.78 is 5.20. The summed E-state index contributed by atoms with van der Waals surface area (Å²) in [4.78, 5) is 0. The van der Waals surface area contributed by atoms with Crippen LogP contribution in [0.4, 0.5) is 0 Å². The summed E-state index contributed by atoms with van der Waals surface area (Å²) in [6.07, 6.45) is 0. The lowest BCUT2D eigenvalue weighted by atomic mass is 10.0. The Bertz CT molecular complexity index is 269. The van der Waals surface area contributed by atoms with Crippen LogP contribution in [-0.2, 0) is 0 Å². The number of halogens is 1. The molecule has 0 saturated heterocycles. The quantitative estimate of drug-likeness (QED) is 0.684. The summed E-state index contributed by atoms with van der Waals surface area (Å²) in [7, 11) is 1.68. The van der Waals surface area contributed by atoms with Crippen molar-refractivity contribution in [2.75, 3.05) is 7.11 Å². The third-order valence-electron chi connectivity index (χ3n) is 1.81. The minimum absolute atomic E-state index is 0.443. The van der Waals surface area contributed by atoms with Crippen LogP contribution in [-0.4, -0.2) is 7.11 Å². The molecule has 0 atom stereocenters. The fourth-order valence-electron chi connectivity index (χ4n) is 1.16. The van der Waals surface area contributed by atoms with Crippen molar-refractivity contribution in [3.63, 3.8) is 0 Å². The fraction of sp³-hybridized carbons (Fsp3) is 0.400. The second-order valence-electron chi connectivity index (χ2n) is 3.04. The first-order chi connectivity index (χ1) is 5.65. The number of benzene rings is 1. The molecule has 0 unspecified atom stereocenters. The van der Waals surface area contributed by atoms with E-state index in [1.165, 1.54) is 0 Å². The number of methoxy groups -OCH3 is 1. The average molecular weight is 185 g/mol. The highest BCUT2D eigenvalue weighted by molar-refractivity contribution is 6.30. The standard InChI is InChI=1S/C10H13ClO/c1-7(2)9-6-8(11)4-5-10(9)12-3/h4-7H,1-3H3. The molecule has 66 valence electrons. The van der Waals surface area contributed by atoms with Gasteiger partial charge in [-0.05, 0) is 29.7 Å². The summed E-state index contributed by atoms with van der Waals surface area (Å²) in [5.74, 6) is 1.35. The maximum atomic E-state index is 5.86. The van der Waals surface area contributed by atoms with E-state index < -0.39 is 0 Å². The van der Waals surface area contributed by atoms with E-state index >= 15 is 0 Å². The summed E-state index contributed by atoms with van der Waals surface area (Å²) >= 11 is 5.86. The van der Waals surface area contributed by atoms with Gasteiger partial charge in [-0.15, -0.1) is 0 Å². The van der Waals surface area contributed by atoms with Crippen LogP contribution in [0, 0.1) is 0 Å². The molecule has 0 amide bonds. The molecule has 1 rings (SSSR count). The maximum absolute atomic E-state index is 5.86. The van der Waals surface area contributed by atoms with Crippen molar-refractivity contribution >= 4 is 11.6 Å². The number of hydrogen-bond acceptors (Lipinski definition) is 1. The van der Waals surface area contributed by atoms with Crippen molar-refractivity contribution in [3.05, 3.63) is 28.8 Å². The molecular weight excluding hydrogens is 172 g/mol. The highest BCUT2D eigenvalue weighted by Gasteiger charge is 2.06. The van der Waals surface area contributed by atoms with Crippen LogP contribution < -0.4 is 4.74 Å². The van der Waals surface area contributed by atoms with Crippen molar-refractivity contribution in [1.82, 2.24) is 0 Å². The number of hydrogen-bond donors (Lipinski definition) is 0. The van der Waals surface area contributed by atoms with Crippen LogP contribution in [0.2, 0.25) is 5.02 Å². The summed E-state index contributed by atoms with van der Waals surface area (Å²) in [6.45, 7) is 4.24. The third-order valence-corrected chi connectivity index (χ3v) is 2.05. The van der Waals surface area contributed by atoms with E-state index in [0.29, 0.717) is 5.92 Å². The van der Waals surface area contributed by atoms with Crippen LogP contribution in [0.5, 0.6) is 5.75 Å². The van der Waals surface area contributed by atoms with Crippen LogP contribution in [0.25, 0.3) is 0 Å². The van der Waals surface area contributed by atoms with Gasteiger partial charge in [-0.3, -0.25) is 0 Å². The smallest absolute Gasteiger partial charge is 0.122 e. The first kappa shape index (κ1) is 9.40. The molecule has 0 heterocycles. The molecule has 0 aliphatic carbocycles. The third kappa shape index (κ3) is 1.92. The Balaban J connectivity index is 3.12. The van der Waals surface area contributed by atoms with Gasteiger partial charge < -0.3 is 4.74 Å². The van der Waals surface area contributed by atoms with E-state index in [9.17, 15) is 0 Å². The van der Waals surface area contributed by atoms with Crippen molar-refractivity contribution in [2.24, 2.45) is 0 Å². The Hall–Kier alpha value is -0.690. The van der Waals surface area contributed by atoms with Gasteiger partial charge in [-0.25, -0.2) is 0 Å². The van der Waals surface area contributed by atoms with Crippen molar-refractivity contribution < 1.29 is 4.74 Å². The van der Waals surface area contributed by atoms with E-state index in [1.807, 2.05) is 18.2 Å². The molecule has 0 fully saturated rings. The molecular formula is C10H13ClO. The van der Waals surface area contributed by atoms with Crippen LogP contribution >= 0.6 is 11.6 Å². The highest BCUT2D eigenvalue weighted by Crippen LogP contribution is 2.28. The predicted octanol–water partition coefficient (Wildman–Crippen LogP) is 3.47. The molecule has 0 aromatic heterocycles. The summed E-state index contributed by atoms with van der Waals surface area (Å²) in [6, 6.07) is 5.69. The molecule has 0 aliphatic heterocycles. The number of rotatable bonds is 2. The predicted molar refractivity (Wildman–Crippen MR) is 52.1 cm³/mol. The first-order valence-corrected chi connectivity index (χ1v) is 4.36. The van der Waals surface area contributed by atoms with Crippen molar-refractivity contribution in [2.45, 2.75) is 19.8 Å². The first-order valence-electron chi connectivity index (χ1n) is 3.98. The minimum atomic E-state index is 0.443. The van der Waals surface area contributed by atoms with Gasteiger partial charge in [0, 0.05) is 5.02 Å². The molecule has 0 saturated carbocycles. The van der Waals surface area contributed by atoms with E-state index in [4.69, 9.17) is 16.3 Å². The lowest BCUT2D eigenvalue weighted by Crippen LogP contribution is -1.93. The molecule has 0 aliphatic rings. The SMILES string of the molecule is COc1ccc(Cl)cc1C(C)C. The lowest BCUT2D eigenvalue weighted by molar-refractivity contribution is 0.407. The zero-order chi connectivity index (χ0) is 9.14. The Morgan fingerprint density at radius 2 is 2.00 bits per heavy atom. The Labute approximate surface area is 78.3 Å². The molecule has 2 heteroatoms. The van der Waals surface area contributed by atoms with Gasteiger partial charge in [0.1, 0.15) is 5.75 Å². The second-order valence-corrected chi connectivity index (χ2v) is 3.48. The molecule has 0 spiro atoms. The van der Waals surface area contributed by atoms with Gasteiger partial charge >= 0.3 is 0 Å².